The highest BCUT2D eigenvalue weighted by atomic mass is 32.2. The molecule has 2 N–H and O–H groups in total. The predicted molar refractivity (Wildman–Crippen MR) is 68.4 cm³/mol. The molecule has 0 aliphatic heterocycles. The first-order valence-corrected chi connectivity index (χ1v) is 8.16. The number of aromatic nitrogens is 1. The van der Waals surface area contributed by atoms with Crippen molar-refractivity contribution in [2.24, 2.45) is 0 Å². The maximum absolute atomic E-state index is 11.9. The molecule has 0 radical (unpaired) electrons. The highest BCUT2D eigenvalue weighted by molar-refractivity contribution is 7.90. The van der Waals surface area contributed by atoms with Gasteiger partial charge in [-0.3, -0.25) is 0 Å². The summed E-state index contributed by atoms with van der Waals surface area (Å²) >= 11 is 1.46. The van der Waals surface area contributed by atoms with Gasteiger partial charge in [0.15, 0.2) is 0 Å². The third-order valence-electron chi connectivity index (χ3n) is 2.74. The molecule has 0 bridgehead atoms. The summed E-state index contributed by atoms with van der Waals surface area (Å²) in [6, 6.07) is 0.534. The van der Waals surface area contributed by atoms with E-state index in [1.54, 1.807) is 12.4 Å². The van der Waals surface area contributed by atoms with Crippen LogP contribution in [0.15, 0.2) is 10.9 Å². The van der Waals surface area contributed by atoms with Gasteiger partial charge in [-0.25, -0.2) is 18.1 Å². The van der Waals surface area contributed by atoms with Gasteiger partial charge in [-0.15, -0.1) is 11.3 Å². The number of nitrogens with one attached hydrogen (secondary N) is 2. The Kier molecular flexibility index (Phi) is 4.13. The van der Waals surface area contributed by atoms with Crippen molar-refractivity contribution in [2.75, 3.05) is 6.54 Å². The maximum Gasteiger partial charge on any atom is 0.215 e. The fraction of sp³-hybridized carbons (Fsp3) is 0.700. The van der Waals surface area contributed by atoms with Gasteiger partial charge in [-0.05, 0) is 19.8 Å². The minimum Gasteiger partial charge on any atom is -0.313 e. The summed E-state index contributed by atoms with van der Waals surface area (Å²) < 4.78 is 26.3. The van der Waals surface area contributed by atoms with E-state index in [1.807, 2.05) is 5.38 Å². The fourth-order valence-electron chi connectivity index (χ4n) is 1.37. The Morgan fingerprint density at radius 1 is 1.59 bits per heavy atom. The summed E-state index contributed by atoms with van der Waals surface area (Å²) in [6.45, 7) is 2.51. The van der Waals surface area contributed by atoms with Crippen LogP contribution in [0.3, 0.4) is 0 Å². The molecular weight excluding hydrogens is 258 g/mol. The Labute approximate surface area is 106 Å². The molecule has 0 amide bonds. The highest BCUT2D eigenvalue weighted by Crippen LogP contribution is 2.18. The average Bonchev–Trinajstić information content (AvgIpc) is 2.97. The SMILES string of the molecule is CC(CNC1CC1)S(=O)(=O)NCc1cscn1. The number of hydrogen-bond acceptors (Lipinski definition) is 5. The Hall–Kier alpha value is -0.500. The topological polar surface area (TPSA) is 71.1 Å². The van der Waals surface area contributed by atoms with Crippen molar-refractivity contribution in [1.29, 1.82) is 0 Å². The molecule has 1 aliphatic carbocycles. The van der Waals surface area contributed by atoms with E-state index in [0.717, 1.165) is 5.69 Å². The summed E-state index contributed by atoms with van der Waals surface area (Å²) in [5.41, 5.74) is 2.46. The Morgan fingerprint density at radius 2 is 2.35 bits per heavy atom. The first kappa shape index (κ1) is 12.9. The van der Waals surface area contributed by atoms with Crippen LogP contribution in [0.5, 0.6) is 0 Å². The molecular formula is C10H17N3O2S2. The second kappa shape index (κ2) is 5.43. The molecule has 1 saturated carbocycles. The molecule has 7 heteroatoms. The molecule has 0 spiro atoms. The summed E-state index contributed by atoms with van der Waals surface area (Å²) in [5, 5.41) is 4.65. The van der Waals surface area contributed by atoms with Crippen molar-refractivity contribution in [3.63, 3.8) is 0 Å². The first-order valence-electron chi connectivity index (χ1n) is 5.67. The number of hydrogen-bond donors (Lipinski definition) is 2. The van der Waals surface area contributed by atoms with Gasteiger partial charge in [0.2, 0.25) is 10.0 Å². The third-order valence-corrected chi connectivity index (χ3v) is 5.15. The van der Waals surface area contributed by atoms with Crippen molar-refractivity contribution in [3.05, 3.63) is 16.6 Å². The summed E-state index contributed by atoms with van der Waals surface area (Å²) in [5.74, 6) is 0. The van der Waals surface area contributed by atoms with Gasteiger partial charge in [-0.2, -0.15) is 0 Å². The van der Waals surface area contributed by atoms with Crippen LogP contribution in [0, 0.1) is 0 Å². The molecule has 96 valence electrons. The van der Waals surface area contributed by atoms with Crippen molar-refractivity contribution >= 4 is 21.4 Å². The van der Waals surface area contributed by atoms with Crippen LogP contribution in [0.4, 0.5) is 0 Å². The molecule has 1 aromatic rings. The molecule has 1 fully saturated rings. The average molecular weight is 275 g/mol. The lowest BCUT2D eigenvalue weighted by Gasteiger charge is -2.13. The molecule has 2 rings (SSSR count). The third kappa shape index (κ3) is 4.02. The second-order valence-corrected chi connectivity index (χ2v) is 7.24. The van der Waals surface area contributed by atoms with E-state index in [9.17, 15) is 8.42 Å². The second-order valence-electron chi connectivity index (χ2n) is 4.34. The van der Waals surface area contributed by atoms with E-state index >= 15 is 0 Å². The molecule has 0 saturated heterocycles. The largest absolute Gasteiger partial charge is 0.313 e. The van der Waals surface area contributed by atoms with Crippen LogP contribution in [-0.2, 0) is 16.6 Å². The van der Waals surface area contributed by atoms with Crippen LogP contribution in [0.25, 0.3) is 0 Å². The standard InChI is InChI=1S/C10H17N3O2S2/c1-8(4-11-9-2-3-9)17(14,15)13-5-10-6-16-7-12-10/h6-9,11,13H,2-5H2,1H3. The van der Waals surface area contributed by atoms with Crippen molar-refractivity contribution < 1.29 is 8.42 Å². The first-order chi connectivity index (χ1) is 8.08. The van der Waals surface area contributed by atoms with Crippen LogP contribution < -0.4 is 10.0 Å². The zero-order valence-corrected chi connectivity index (χ0v) is 11.4. The number of sulfonamides is 1. The van der Waals surface area contributed by atoms with E-state index in [2.05, 4.69) is 15.0 Å². The molecule has 1 aliphatic rings. The van der Waals surface area contributed by atoms with E-state index < -0.39 is 15.3 Å². The monoisotopic (exact) mass is 275 g/mol. The zero-order chi connectivity index (χ0) is 12.3. The van der Waals surface area contributed by atoms with Crippen LogP contribution in [0.1, 0.15) is 25.5 Å². The molecule has 1 heterocycles. The van der Waals surface area contributed by atoms with Crippen LogP contribution in [0.2, 0.25) is 0 Å². The summed E-state index contributed by atoms with van der Waals surface area (Å²) in [6.07, 6.45) is 2.33. The Balaban J connectivity index is 1.79. The minimum absolute atomic E-state index is 0.277. The normalized spacial score (nSPS) is 18.2. The minimum atomic E-state index is -3.25. The lowest BCUT2D eigenvalue weighted by atomic mass is 10.4. The fourth-order valence-corrected chi connectivity index (χ4v) is 2.88. The number of rotatable bonds is 7. The molecule has 1 atom stereocenters. The van der Waals surface area contributed by atoms with Gasteiger partial charge in [-0.1, -0.05) is 0 Å². The Bertz CT molecular complexity index is 440. The van der Waals surface area contributed by atoms with Gasteiger partial charge in [0.1, 0.15) is 0 Å². The van der Waals surface area contributed by atoms with Crippen molar-refractivity contribution in [1.82, 2.24) is 15.0 Å². The Morgan fingerprint density at radius 3 is 2.94 bits per heavy atom. The van der Waals surface area contributed by atoms with Gasteiger partial charge < -0.3 is 5.32 Å². The molecule has 1 aromatic heterocycles. The quantitative estimate of drug-likeness (QED) is 0.768. The molecule has 1 unspecified atom stereocenters. The van der Waals surface area contributed by atoms with Crippen molar-refractivity contribution in [2.45, 2.75) is 37.6 Å². The molecule has 0 aromatic carbocycles. The van der Waals surface area contributed by atoms with E-state index in [1.165, 1.54) is 24.2 Å². The number of nitrogens with zero attached hydrogens (tertiary/aromatic N) is 1. The van der Waals surface area contributed by atoms with Crippen LogP contribution >= 0.6 is 11.3 Å². The van der Waals surface area contributed by atoms with Gasteiger partial charge in [0, 0.05) is 18.0 Å². The van der Waals surface area contributed by atoms with Crippen LogP contribution in [-0.4, -0.2) is 31.2 Å². The molecule has 17 heavy (non-hydrogen) atoms. The van der Waals surface area contributed by atoms with Crippen molar-refractivity contribution in [3.8, 4) is 0 Å². The summed E-state index contributed by atoms with van der Waals surface area (Å²) in [4.78, 5) is 4.04. The lowest BCUT2D eigenvalue weighted by Crippen LogP contribution is -2.39. The van der Waals surface area contributed by atoms with E-state index in [-0.39, 0.29) is 6.54 Å². The summed E-state index contributed by atoms with van der Waals surface area (Å²) in [7, 11) is -3.25. The lowest BCUT2D eigenvalue weighted by molar-refractivity contribution is 0.556. The van der Waals surface area contributed by atoms with E-state index in [4.69, 9.17) is 0 Å². The highest BCUT2D eigenvalue weighted by Gasteiger charge is 2.25. The smallest absolute Gasteiger partial charge is 0.215 e. The predicted octanol–water partition coefficient (Wildman–Crippen LogP) is 0.703. The van der Waals surface area contributed by atoms with E-state index in [0.29, 0.717) is 12.6 Å². The van der Waals surface area contributed by atoms with Gasteiger partial charge in [0.05, 0.1) is 23.0 Å². The number of thiazole rings is 1. The maximum atomic E-state index is 11.9. The van der Waals surface area contributed by atoms with Gasteiger partial charge in [0.25, 0.3) is 0 Å². The zero-order valence-electron chi connectivity index (χ0n) is 9.72. The molecule has 5 nitrogen and oxygen atoms in total. The van der Waals surface area contributed by atoms with Gasteiger partial charge >= 0.3 is 0 Å².